The molecule has 8 N–H and O–H groups in total. The summed E-state index contributed by atoms with van der Waals surface area (Å²) in [6, 6.07) is 7.76. The lowest BCUT2D eigenvalue weighted by Crippen LogP contribution is -2.61. The van der Waals surface area contributed by atoms with Gasteiger partial charge in [-0.3, -0.25) is 4.79 Å². The number of phenols is 2. The molecule has 2 aliphatic heterocycles. The molecular weight excluding hydrogens is 576 g/mol. The van der Waals surface area contributed by atoms with Crippen LogP contribution in [-0.2, 0) is 14.2 Å². The predicted molar refractivity (Wildman–Crippen MR) is 143 cm³/mol. The van der Waals surface area contributed by atoms with Crippen molar-refractivity contribution in [2.45, 2.75) is 68.3 Å². The fraction of sp³-hybridized carbons (Fsp3) is 0.464. The number of phenolic OH excluding ortho intramolecular Hbond substituents is 2. The Balaban J connectivity index is 1.37. The third-order valence-corrected chi connectivity index (χ3v) is 7.40. The maximum atomic E-state index is 12.8. The van der Waals surface area contributed by atoms with Gasteiger partial charge < -0.3 is 69.0 Å². The van der Waals surface area contributed by atoms with Crippen molar-refractivity contribution in [2.75, 3.05) is 13.7 Å². The first-order valence-corrected chi connectivity index (χ1v) is 13.3. The first kappa shape index (κ1) is 30.9. The van der Waals surface area contributed by atoms with Gasteiger partial charge in [-0.25, -0.2) is 0 Å². The summed E-state index contributed by atoms with van der Waals surface area (Å²) in [6.45, 7) is 0.955. The highest BCUT2D eigenvalue weighted by Crippen LogP contribution is 2.35. The Labute approximate surface area is 243 Å². The van der Waals surface area contributed by atoms with Crippen molar-refractivity contribution in [1.29, 1.82) is 0 Å². The van der Waals surface area contributed by atoms with Gasteiger partial charge in [0.15, 0.2) is 23.2 Å². The Morgan fingerprint density at radius 2 is 1.49 bits per heavy atom. The Bertz CT molecular complexity index is 1510. The Kier molecular flexibility index (Phi) is 8.80. The van der Waals surface area contributed by atoms with E-state index in [1.54, 1.807) is 0 Å². The van der Waals surface area contributed by atoms with Crippen LogP contribution >= 0.6 is 0 Å². The SMILES string of the molecule is COc1cc(-c2cc(=O)c3c(O)cc(O[C@@H]4O[C@H](CO[C@@H]5O[C@@H](C)[C@H](O)[C@H](O)[C@H]5O)[C@@H](O)[C@H](O)[C@H]4O)cc3o2)ccc1O. The van der Waals surface area contributed by atoms with Crippen LogP contribution < -0.4 is 14.9 Å². The zero-order chi connectivity index (χ0) is 31.2. The lowest BCUT2D eigenvalue weighted by molar-refractivity contribution is -0.318. The van der Waals surface area contributed by atoms with Gasteiger partial charge in [0, 0.05) is 23.8 Å². The van der Waals surface area contributed by atoms with Gasteiger partial charge in [-0.1, -0.05) is 0 Å². The third kappa shape index (κ3) is 5.99. The molecule has 2 fully saturated rings. The summed E-state index contributed by atoms with van der Waals surface area (Å²) in [5.74, 6) is -0.567. The minimum Gasteiger partial charge on any atom is -0.507 e. The molecular formula is C28H32O15. The van der Waals surface area contributed by atoms with E-state index in [1.165, 1.54) is 38.3 Å². The van der Waals surface area contributed by atoms with Gasteiger partial charge in [0.2, 0.25) is 6.29 Å². The van der Waals surface area contributed by atoms with Crippen molar-refractivity contribution in [1.82, 2.24) is 0 Å². The van der Waals surface area contributed by atoms with Gasteiger partial charge >= 0.3 is 0 Å². The number of aliphatic hydroxyl groups is 6. The minimum absolute atomic E-state index is 0.0798. The molecule has 2 aromatic carbocycles. The number of benzene rings is 2. The average molecular weight is 609 g/mol. The number of aliphatic hydroxyl groups excluding tert-OH is 6. The highest BCUT2D eigenvalue weighted by Gasteiger charge is 2.47. The lowest BCUT2D eigenvalue weighted by Gasteiger charge is -2.42. The fourth-order valence-corrected chi connectivity index (χ4v) is 4.91. The monoisotopic (exact) mass is 608 g/mol. The van der Waals surface area contributed by atoms with Crippen LogP contribution in [0.2, 0.25) is 0 Å². The van der Waals surface area contributed by atoms with E-state index >= 15 is 0 Å². The van der Waals surface area contributed by atoms with E-state index in [9.17, 15) is 45.6 Å². The van der Waals surface area contributed by atoms with E-state index in [4.69, 9.17) is 28.1 Å². The Morgan fingerprint density at radius 3 is 2.21 bits per heavy atom. The number of hydrogen-bond donors (Lipinski definition) is 8. The van der Waals surface area contributed by atoms with E-state index < -0.39 is 79.2 Å². The van der Waals surface area contributed by atoms with Gasteiger partial charge in [-0.05, 0) is 25.1 Å². The number of fused-ring (bicyclic) bond motifs is 1. The van der Waals surface area contributed by atoms with E-state index in [0.717, 1.165) is 12.1 Å². The van der Waals surface area contributed by atoms with Crippen molar-refractivity contribution in [3.63, 3.8) is 0 Å². The van der Waals surface area contributed by atoms with Crippen LogP contribution in [0.5, 0.6) is 23.0 Å². The highest BCUT2D eigenvalue weighted by molar-refractivity contribution is 5.86. The standard InChI is InChI=1S/C28H32O15/c1-10-21(32)23(34)25(36)27(40-10)39-9-19-22(33)24(35)26(37)28(43-19)41-12-6-14(30)20-15(31)8-16(42-18(20)7-12)11-3-4-13(29)17(5-11)38-2/h3-8,10,19,21-30,32-37H,9H2,1-2H3/t10-,19+,21-,22+,23-,24-,25+,26+,27+,28+/m0/s1. The predicted octanol–water partition coefficient (Wildman–Crippen LogP) is -1.09. The van der Waals surface area contributed by atoms with Crippen LogP contribution in [0.25, 0.3) is 22.3 Å². The summed E-state index contributed by atoms with van der Waals surface area (Å²) in [7, 11) is 1.36. The number of hydrogen-bond acceptors (Lipinski definition) is 15. The van der Waals surface area contributed by atoms with Gasteiger partial charge in [0.25, 0.3) is 0 Å². The highest BCUT2D eigenvalue weighted by atomic mass is 16.7. The van der Waals surface area contributed by atoms with E-state index in [0.29, 0.717) is 5.56 Å². The second kappa shape index (κ2) is 12.2. The van der Waals surface area contributed by atoms with E-state index in [-0.39, 0.29) is 34.0 Å². The molecule has 10 atom stereocenters. The smallest absolute Gasteiger partial charge is 0.229 e. The average Bonchev–Trinajstić information content (AvgIpc) is 2.97. The molecule has 15 heteroatoms. The minimum atomic E-state index is -1.78. The van der Waals surface area contributed by atoms with Crippen LogP contribution in [0.4, 0.5) is 0 Å². The summed E-state index contributed by atoms with van der Waals surface area (Å²) in [4.78, 5) is 12.8. The Hall–Kier alpha value is -3.51. The lowest BCUT2D eigenvalue weighted by atomic mass is 9.98. The maximum absolute atomic E-state index is 12.8. The van der Waals surface area contributed by atoms with Gasteiger partial charge in [0.05, 0.1) is 19.8 Å². The summed E-state index contributed by atoms with van der Waals surface area (Å²) >= 11 is 0. The first-order chi connectivity index (χ1) is 20.4. The van der Waals surface area contributed by atoms with Crippen LogP contribution in [0.15, 0.2) is 45.6 Å². The second-order valence-electron chi connectivity index (χ2n) is 10.3. The normalized spacial score (nSPS) is 32.9. The molecule has 0 saturated carbocycles. The van der Waals surface area contributed by atoms with E-state index in [1.807, 2.05) is 0 Å². The molecule has 0 spiro atoms. The van der Waals surface area contributed by atoms with Crippen LogP contribution in [0, 0.1) is 0 Å². The summed E-state index contributed by atoms with van der Waals surface area (Å²) in [6.07, 6.45) is -15.0. The largest absolute Gasteiger partial charge is 0.507 e. The molecule has 3 aromatic rings. The quantitative estimate of drug-likeness (QED) is 0.159. The fourth-order valence-electron chi connectivity index (χ4n) is 4.91. The van der Waals surface area contributed by atoms with Crippen molar-refractivity contribution >= 4 is 11.0 Å². The Morgan fingerprint density at radius 1 is 0.791 bits per heavy atom. The van der Waals surface area contributed by atoms with Crippen LogP contribution in [0.1, 0.15) is 6.92 Å². The molecule has 5 rings (SSSR count). The van der Waals surface area contributed by atoms with Gasteiger partial charge in [-0.15, -0.1) is 0 Å². The van der Waals surface area contributed by atoms with Gasteiger partial charge in [-0.2, -0.15) is 0 Å². The number of ether oxygens (including phenoxy) is 5. The molecule has 3 heterocycles. The molecule has 0 aliphatic carbocycles. The zero-order valence-corrected chi connectivity index (χ0v) is 22.9. The van der Waals surface area contributed by atoms with Crippen LogP contribution in [0.3, 0.4) is 0 Å². The second-order valence-corrected chi connectivity index (χ2v) is 10.3. The molecule has 0 unspecified atom stereocenters. The number of rotatable bonds is 7. The summed E-state index contributed by atoms with van der Waals surface area (Å²) in [5, 5.41) is 81.8. The summed E-state index contributed by atoms with van der Waals surface area (Å²) in [5.41, 5.74) is -0.307. The van der Waals surface area contributed by atoms with Crippen LogP contribution in [-0.4, -0.2) is 116 Å². The van der Waals surface area contributed by atoms with E-state index in [2.05, 4.69) is 0 Å². The van der Waals surface area contributed by atoms with Crippen molar-refractivity contribution in [3.05, 3.63) is 46.6 Å². The van der Waals surface area contributed by atoms with Crippen molar-refractivity contribution in [3.8, 4) is 34.3 Å². The molecule has 234 valence electrons. The third-order valence-electron chi connectivity index (χ3n) is 7.40. The van der Waals surface area contributed by atoms with Crippen molar-refractivity contribution in [2.24, 2.45) is 0 Å². The molecule has 0 radical (unpaired) electrons. The molecule has 43 heavy (non-hydrogen) atoms. The zero-order valence-electron chi connectivity index (χ0n) is 22.9. The molecule has 15 nitrogen and oxygen atoms in total. The molecule has 2 aliphatic rings. The molecule has 0 bridgehead atoms. The maximum Gasteiger partial charge on any atom is 0.229 e. The molecule has 1 aromatic heterocycles. The van der Waals surface area contributed by atoms with Gasteiger partial charge in [0.1, 0.15) is 71.0 Å². The molecule has 0 amide bonds. The first-order valence-electron chi connectivity index (χ1n) is 13.3. The topological polar surface area (TPSA) is 238 Å². The number of aromatic hydroxyl groups is 2. The number of methoxy groups -OCH3 is 1. The molecule has 2 saturated heterocycles. The van der Waals surface area contributed by atoms with Crippen molar-refractivity contribution < 1.29 is 69.0 Å². The summed E-state index contributed by atoms with van der Waals surface area (Å²) < 4.78 is 33.0.